The number of alkyl halides is 2. The minimum atomic E-state index is -3.21. The van der Waals surface area contributed by atoms with Gasteiger partial charge in [0.2, 0.25) is 0 Å². The standard InChI is InChI=1S/C16H16F2O5/c17-16(18,9-21-10-4-2-1-3-5-10)7-6-11-12(19)8-13-14(11)23-15(20)22-13/h1-7,11-14,19H,8-9H2/b7-6+/t11-,12+,13-,14+/m0/s1. The Morgan fingerprint density at radius 2 is 2.04 bits per heavy atom. The van der Waals surface area contributed by atoms with Crippen LogP contribution in [0, 0.1) is 5.92 Å². The van der Waals surface area contributed by atoms with Crippen molar-refractivity contribution in [1.29, 1.82) is 0 Å². The molecule has 1 aliphatic carbocycles. The monoisotopic (exact) mass is 326 g/mol. The Hall–Kier alpha value is -2.15. The largest absolute Gasteiger partial charge is 0.509 e. The van der Waals surface area contributed by atoms with E-state index in [1.807, 2.05) is 0 Å². The molecule has 1 aromatic rings. The number of carbonyl (C=O) groups excluding carboxylic acids is 1. The van der Waals surface area contributed by atoms with E-state index in [0.29, 0.717) is 11.8 Å². The maximum absolute atomic E-state index is 13.9. The lowest BCUT2D eigenvalue weighted by Gasteiger charge is -2.17. The summed E-state index contributed by atoms with van der Waals surface area (Å²) in [5.74, 6) is -3.58. The van der Waals surface area contributed by atoms with Crippen molar-refractivity contribution in [3.05, 3.63) is 42.5 Å². The highest BCUT2D eigenvalue weighted by molar-refractivity contribution is 5.63. The number of aliphatic hydroxyl groups is 1. The van der Waals surface area contributed by atoms with Crippen LogP contribution in [-0.4, -0.2) is 42.1 Å². The molecule has 1 aliphatic heterocycles. The Balaban J connectivity index is 1.60. The number of rotatable bonds is 5. The summed E-state index contributed by atoms with van der Waals surface area (Å²) in [7, 11) is 0. The van der Waals surface area contributed by atoms with Crippen molar-refractivity contribution < 1.29 is 32.9 Å². The van der Waals surface area contributed by atoms with Crippen molar-refractivity contribution in [2.45, 2.75) is 30.7 Å². The van der Waals surface area contributed by atoms with Gasteiger partial charge in [0.05, 0.1) is 6.10 Å². The van der Waals surface area contributed by atoms with E-state index in [4.69, 9.17) is 14.2 Å². The first-order valence-corrected chi connectivity index (χ1v) is 7.25. The molecule has 23 heavy (non-hydrogen) atoms. The number of hydrogen-bond acceptors (Lipinski definition) is 5. The molecule has 4 atom stereocenters. The zero-order chi connectivity index (χ0) is 16.4. The van der Waals surface area contributed by atoms with Crippen LogP contribution < -0.4 is 4.74 Å². The number of aliphatic hydroxyl groups excluding tert-OH is 1. The van der Waals surface area contributed by atoms with Gasteiger partial charge in [0, 0.05) is 12.3 Å². The zero-order valence-electron chi connectivity index (χ0n) is 12.1. The van der Waals surface area contributed by atoms with E-state index in [0.717, 1.165) is 0 Å². The van der Waals surface area contributed by atoms with Gasteiger partial charge < -0.3 is 19.3 Å². The van der Waals surface area contributed by atoms with E-state index < -0.39 is 42.9 Å². The number of para-hydroxylation sites is 1. The lowest BCUT2D eigenvalue weighted by atomic mass is 10.0. The summed E-state index contributed by atoms with van der Waals surface area (Å²) >= 11 is 0. The highest BCUT2D eigenvalue weighted by atomic mass is 19.3. The van der Waals surface area contributed by atoms with Crippen LogP contribution in [0.2, 0.25) is 0 Å². The van der Waals surface area contributed by atoms with Gasteiger partial charge in [-0.1, -0.05) is 24.3 Å². The molecule has 0 unspecified atom stereocenters. The normalized spacial score (nSPS) is 30.1. The van der Waals surface area contributed by atoms with Gasteiger partial charge in [0.1, 0.15) is 11.9 Å². The first-order chi connectivity index (χ1) is 10.9. The fourth-order valence-corrected chi connectivity index (χ4v) is 2.76. The molecule has 0 spiro atoms. The second-order valence-corrected chi connectivity index (χ2v) is 5.59. The Bertz CT molecular complexity index is 589. The second-order valence-electron chi connectivity index (χ2n) is 5.59. The van der Waals surface area contributed by atoms with Crippen LogP contribution >= 0.6 is 0 Å². The van der Waals surface area contributed by atoms with Gasteiger partial charge >= 0.3 is 6.16 Å². The fraction of sp³-hybridized carbons (Fsp3) is 0.438. The third kappa shape index (κ3) is 3.61. The molecule has 1 N–H and O–H groups in total. The number of fused-ring (bicyclic) bond motifs is 1. The van der Waals surface area contributed by atoms with Crippen LogP contribution in [0.1, 0.15) is 6.42 Å². The summed E-state index contributed by atoms with van der Waals surface area (Å²) in [6, 6.07) is 8.30. The molecule has 124 valence electrons. The predicted octanol–water partition coefficient (Wildman–Crippen LogP) is 2.54. The second kappa shape index (κ2) is 6.16. The Morgan fingerprint density at radius 1 is 1.30 bits per heavy atom. The molecule has 0 aromatic heterocycles. The van der Waals surface area contributed by atoms with Gasteiger partial charge in [-0.2, -0.15) is 8.78 Å². The average molecular weight is 326 g/mol. The van der Waals surface area contributed by atoms with Crippen LogP contribution in [0.4, 0.5) is 13.6 Å². The minimum absolute atomic E-state index is 0.178. The van der Waals surface area contributed by atoms with Crippen LogP contribution in [0.3, 0.4) is 0 Å². The SMILES string of the molecule is O=C1O[C@@H]2[C@@H](/C=C/C(F)(F)COc3ccccc3)[C@H](O)C[C@@H]2O1. The quantitative estimate of drug-likeness (QED) is 0.665. The van der Waals surface area contributed by atoms with Crippen molar-refractivity contribution in [2.75, 3.05) is 6.61 Å². The lowest BCUT2D eigenvalue weighted by molar-refractivity contribution is 0.00361. The average Bonchev–Trinajstić information content (AvgIpc) is 2.99. The summed E-state index contributed by atoms with van der Waals surface area (Å²) in [6.45, 7) is -0.819. The Kier molecular flexibility index (Phi) is 4.21. The number of carbonyl (C=O) groups is 1. The molecule has 5 nitrogen and oxygen atoms in total. The summed E-state index contributed by atoms with van der Waals surface area (Å²) in [6.07, 6.45) is -0.993. The summed E-state index contributed by atoms with van der Waals surface area (Å²) < 4.78 is 42.6. The van der Waals surface area contributed by atoms with E-state index in [9.17, 15) is 18.7 Å². The van der Waals surface area contributed by atoms with Gasteiger partial charge in [-0.3, -0.25) is 0 Å². The van der Waals surface area contributed by atoms with Crippen LogP contribution in [0.5, 0.6) is 5.75 Å². The topological polar surface area (TPSA) is 65.0 Å². The third-order valence-corrected chi connectivity index (χ3v) is 3.88. The van der Waals surface area contributed by atoms with E-state index in [-0.39, 0.29) is 6.42 Å². The molecular formula is C16H16F2O5. The van der Waals surface area contributed by atoms with Crippen molar-refractivity contribution in [1.82, 2.24) is 0 Å². The van der Waals surface area contributed by atoms with Gasteiger partial charge in [-0.25, -0.2) is 4.79 Å². The highest BCUT2D eigenvalue weighted by Crippen LogP contribution is 2.37. The first kappa shape index (κ1) is 15.7. The molecule has 2 aliphatic rings. The van der Waals surface area contributed by atoms with Gasteiger partial charge in [-0.05, 0) is 18.2 Å². The maximum atomic E-state index is 13.9. The van der Waals surface area contributed by atoms with E-state index in [1.54, 1.807) is 30.3 Å². The van der Waals surface area contributed by atoms with Gasteiger partial charge in [-0.15, -0.1) is 0 Å². The minimum Gasteiger partial charge on any atom is -0.487 e. The highest BCUT2D eigenvalue weighted by Gasteiger charge is 2.51. The lowest BCUT2D eigenvalue weighted by Crippen LogP contribution is -2.27. The molecule has 2 fully saturated rings. The molecule has 3 rings (SSSR count). The fourth-order valence-electron chi connectivity index (χ4n) is 2.76. The van der Waals surface area contributed by atoms with Crippen molar-refractivity contribution in [2.24, 2.45) is 5.92 Å². The molecule has 0 bridgehead atoms. The van der Waals surface area contributed by atoms with E-state index >= 15 is 0 Å². The van der Waals surface area contributed by atoms with Crippen molar-refractivity contribution >= 4 is 6.16 Å². The summed E-state index contributed by atoms with van der Waals surface area (Å²) in [5, 5.41) is 9.89. The molecule has 1 saturated carbocycles. The van der Waals surface area contributed by atoms with Crippen molar-refractivity contribution in [3.8, 4) is 5.75 Å². The third-order valence-electron chi connectivity index (χ3n) is 3.88. The molecule has 0 amide bonds. The number of hydrogen-bond donors (Lipinski definition) is 1. The zero-order valence-corrected chi connectivity index (χ0v) is 12.1. The Morgan fingerprint density at radius 3 is 2.78 bits per heavy atom. The van der Waals surface area contributed by atoms with Gasteiger partial charge in [0.15, 0.2) is 12.7 Å². The molecule has 1 heterocycles. The molecular weight excluding hydrogens is 310 g/mol. The number of halogens is 2. The van der Waals surface area contributed by atoms with E-state index in [2.05, 4.69) is 0 Å². The molecule has 0 radical (unpaired) electrons. The molecule has 1 aromatic carbocycles. The molecule has 7 heteroatoms. The summed E-state index contributed by atoms with van der Waals surface area (Å²) in [4.78, 5) is 11.1. The number of benzene rings is 1. The maximum Gasteiger partial charge on any atom is 0.509 e. The van der Waals surface area contributed by atoms with Crippen LogP contribution in [0.15, 0.2) is 42.5 Å². The smallest absolute Gasteiger partial charge is 0.487 e. The predicted molar refractivity (Wildman–Crippen MR) is 75.3 cm³/mol. The van der Waals surface area contributed by atoms with E-state index in [1.165, 1.54) is 6.08 Å². The van der Waals surface area contributed by atoms with Crippen LogP contribution in [-0.2, 0) is 9.47 Å². The van der Waals surface area contributed by atoms with Crippen molar-refractivity contribution in [3.63, 3.8) is 0 Å². The van der Waals surface area contributed by atoms with Gasteiger partial charge in [0.25, 0.3) is 5.92 Å². The van der Waals surface area contributed by atoms with Crippen LogP contribution in [0.25, 0.3) is 0 Å². The first-order valence-electron chi connectivity index (χ1n) is 7.25. The summed E-state index contributed by atoms with van der Waals surface area (Å²) in [5.41, 5.74) is 0. The molecule has 1 saturated heterocycles. The number of ether oxygens (including phenoxy) is 3. The Labute approximate surface area is 131 Å².